The van der Waals surface area contributed by atoms with Gasteiger partial charge in [0.05, 0.1) is 84.0 Å². The highest BCUT2D eigenvalue weighted by Crippen LogP contribution is 2.26. The zero-order valence-corrected chi connectivity index (χ0v) is 53.5. The van der Waals surface area contributed by atoms with E-state index in [2.05, 4.69) is 25.9 Å². The van der Waals surface area contributed by atoms with Gasteiger partial charge in [-0.3, -0.25) is 43.5 Å². The van der Waals surface area contributed by atoms with Gasteiger partial charge >= 0.3 is 0 Å². The van der Waals surface area contributed by atoms with Crippen molar-refractivity contribution in [2.75, 3.05) is 120 Å². The van der Waals surface area contributed by atoms with Crippen molar-refractivity contribution in [2.45, 2.75) is 131 Å². The normalized spacial score (nSPS) is 16.4. The maximum atomic E-state index is 11.9. The molecule has 20 nitrogen and oxygen atoms in total. The average Bonchev–Trinajstić information content (AvgIpc) is 4.31. The summed E-state index contributed by atoms with van der Waals surface area (Å²) < 4.78 is 32.1. The molecule has 2 unspecified atom stereocenters. The van der Waals surface area contributed by atoms with Gasteiger partial charge in [-0.2, -0.15) is 0 Å². The molecule has 2 saturated heterocycles. The number of nitrogens with zero attached hydrogens (tertiary/aromatic N) is 4. The Morgan fingerprint density at radius 2 is 0.930 bits per heavy atom. The fourth-order valence-corrected chi connectivity index (χ4v) is 8.91. The maximum absolute atomic E-state index is 11.9. The molecule has 7 rings (SSSR count). The van der Waals surface area contributed by atoms with Gasteiger partial charge < -0.3 is 54.2 Å². The Labute approximate surface area is 514 Å². The number of hydrogen-bond acceptors (Lipinski definition) is 15. The molecule has 86 heavy (non-hydrogen) atoms. The van der Waals surface area contributed by atoms with E-state index >= 15 is 0 Å². The summed E-state index contributed by atoms with van der Waals surface area (Å²) in [5.41, 5.74) is 0.622. The van der Waals surface area contributed by atoms with Gasteiger partial charge in [0.1, 0.15) is 11.6 Å². The number of nitrogens with one attached hydrogen (secondary N) is 3. The second kappa shape index (κ2) is 52.1. The van der Waals surface area contributed by atoms with Crippen molar-refractivity contribution in [1.29, 1.82) is 0 Å². The van der Waals surface area contributed by atoms with Crippen LogP contribution in [0.1, 0.15) is 135 Å². The van der Waals surface area contributed by atoms with Crippen LogP contribution >= 0.6 is 0 Å². The monoisotopic (exact) mass is 1210 g/mol. The van der Waals surface area contributed by atoms with Crippen LogP contribution in [0.3, 0.4) is 0 Å². The Morgan fingerprint density at radius 3 is 1.34 bits per heavy atom. The molecule has 3 N–H and O–H groups in total. The second-order valence-corrected chi connectivity index (χ2v) is 21.4. The van der Waals surface area contributed by atoms with Crippen LogP contribution < -0.4 is 16.0 Å². The molecule has 0 bridgehead atoms. The molecule has 0 radical (unpaired) electrons. The third kappa shape index (κ3) is 39.6. The first-order chi connectivity index (χ1) is 41.6. The van der Waals surface area contributed by atoms with Gasteiger partial charge in [-0.25, -0.2) is 0 Å². The molecule has 2 aromatic heterocycles. The summed E-state index contributed by atoms with van der Waals surface area (Å²) >= 11 is 0. The Kier molecular flexibility index (Phi) is 47.3. The summed E-state index contributed by atoms with van der Waals surface area (Å²) in [4.78, 5) is 91.3. The lowest BCUT2D eigenvalue weighted by Crippen LogP contribution is -2.34. The molecule has 2 atom stereocenters. The maximum Gasteiger partial charge on any atom is 0.251 e. The van der Waals surface area contributed by atoms with E-state index in [1.807, 2.05) is 96.1 Å². The minimum Gasteiger partial charge on any atom is -0.383 e. The quantitative estimate of drug-likeness (QED) is 0.0580. The van der Waals surface area contributed by atoms with Crippen LogP contribution in [-0.2, 0) is 57.2 Å². The zero-order chi connectivity index (χ0) is 63.4. The van der Waals surface area contributed by atoms with E-state index in [0.29, 0.717) is 135 Å². The van der Waals surface area contributed by atoms with Crippen molar-refractivity contribution in [1.82, 2.24) is 35.7 Å². The van der Waals surface area contributed by atoms with Crippen LogP contribution in [0.2, 0.25) is 0 Å². The molecule has 5 amide bonds. The van der Waals surface area contributed by atoms with E-state index in [9.17, 15) is 33.6 Å². The summed E-state index contributed by atoms with van der Waals surface area (Å²) in [7, 11) is 5.00. The van der Waals surface area contributed by atoms with Crippen molar-refractivity contribution in [3.63, 3.8) is 0 Å². The molecular weight excluding hydrogens is 1100 g/mol. The lowest BCUT2D eigenvalue weighted by atomic mass is 9.83. The fourth-order valence-electron chi connectivity index (χ4n) is 8.91. The van der Waals surface area contributed by atoms with Crippen molar-refractivity contribution < 1.29 is 62.0 Å². The molecule has 4 heterocycles. The minimum absolute atomic E-state index is 0.00325. The molecule has 4 fully saturated rings. The summed E-state index contributed by atoms with van der Waals surface area (Å²) in [6, 6.07) is 20.4. The number of likely N-dealkylation sites (tertiary alicyclic amines) is 2. The van der Waals surface area contributed by atoms with Gasteiger partial charge in [0.2, 0.25) is 23.6 Å². The van der Waals surface area contributed by atoms with Crippen LogP contribution in [0.25, 0.3) is 0 Å². The van der Waals surface area contributed by atoms with E-state index in [1.165, 1.54) is 51.4 Å². The van der Waals surface area contributed by atoms with Gasteiger partial charge in [-0.05, 0) is 62.1 Å². The predicted molar refractivity (Wildman–Crippen MR) is 335 cm³/mol. The molecule has 0 spiro atoms. The lowest BCUT2D eigenvalue weighted by molar-refractivity contribution is -0.128. The minimum atomic E-state index is -0.267. The molecule has 4 aliphatic rings. The van der Waals surface area contributed by atoms with E-state index in [0.717, 1.165) is 12.8 Å². The van der Waals surface area contributed by atoms with E-state index in [-0.39, 0.29) is 65.4 Å². The summed E-state index contributed by atoms with van der Waals surface area (Å²) in [6.45, 7) is 19.2. The topological polar surface area (TPSA) is 243 Å². The number of benzene rings is 1. The van der Waals surface area contributed by atoms with E-state index in [1.54, 1.807) is 67.9 Å². The molecule has 2 saturated carbocycles. The molecule has 2 aliphatic heterocycles. The number of Topliss-reactive ketones (excluding diaryl/α,β-unsaturated/α-hetero) is 2. The molecule has 2 aliphatic carbocycles. The van der Waals surface area contributed by atoms with Crippen molar-refractivity contribution in [3.05, 3.63) is 97.1 Å². The molecule has 484 valence electrons. The van der Waals surface area contributed by atoms with Gasteiger partial charge in [-0.15, -0.1) is 0 Å². The number of amides is 5. The Bertz CT molecular complexity index is 2100. The zero-order valence-electron chi connectivity index (χ0n) is 53.5. The second-order valence-electron chi connectivity index (χ2n) is 21.4. The smallest absolute Gasteiger partial charge is 0.251 e. The first-order valence-corrected chi connectivity index (χ1v) is 31.2. The van der Waals surface area contributed by atoms with Crippen molar-refractivity contribution in [2.24, 2.45) is 29.6 Å². The average molecular weight is 1210 g/mol. The van der Waals surface area contributed by atoms with Crippen LogP contribution in [-0.4, -0.2) is 187 Å². The van der Waals surface area contributed by atoms with E-state index in [4.69, 9.17) is 28.4 Å². The van der Waals surface area contributed by atoms with Crippen molar-refractivity contribution in [3.8, 4) is 0 Å². The van der Waals surface area contributed by atoms with Crippen LogP contribution in [0, 0.1) is 29.6 Å². The highest BCUT2D eigenvalue weighted by molar-refractivity contribution is 5.94. The van der Waals surface area contributed by atoms with Crippen LogP contribution in [0.4, 0.5) is 0 Å². The lowest BCUT2D eigenvalue weighted by Gasteiger charge is -2.21. The number of ether oxygens (including phenoxy) is 6. The number of rotatable bonds is 28. The summed E-state index contributed by atoms with van der Waals surface area (Å²) in [5, 5.41) is 8.27. The molecule has 3 aromatic rings. The number of hydrogen-bond donors (Lipinski definition) is 3. The molecular formula is C66H107N7O13. The molecule has 20 heteroatoms. The van der Waals surface area contributed by atoms with Gasteiger partial charge in [-0.1, -0.05) is 110 Å². The third-order valence-corrected chi connectivity index (χ3v) is 13.9. The predicted octanol–water partition coefficient (Wildman–Crippen LogP) is 8.24. The number of carbonyl (C=O) groups excluding carboxylic acids is 7. The fraction of sp³-hybridized carbons (Fsp3) is 0.652. The van der Waals surface area contributed by atoms with Crippen LogP contribution in [0.5, 0.6) is 0 Å². The van der Waals surface area contributed by atoms with Gasteiger partial charge in [0.15, 0.2) is 0 Å². The first kappa shape index (κ1) is 78.0. The van der Waals surface area contributed by atoms with Gasteiger partial charge in [0, 0.05) is 121 Å². The van der Waals surface area contributed by atoms with E-state index < -0.39 is 0 Å². The highest BCUT2D eigenvalue weighted by atomic mass is 16.5. The Balaban J connectivity index is 0.000000551. The number of pyridine rings is 2. The van der Waals surface area contributed by atoms with Gasteiger partial charge in [0.25, 0.3) is 5.91 Å². The number of methoxy groups -OCH3 is 1. The summed E-state index contributed by atoms with van der Waals surface area (Å²) in [6.07, 6.45) is 21.1. The Morgan fingerprint density at radius 1 is 0.512 bits per heavy atom. The number of aromatic nitrogens is 2. The molecule has 1 aromatic carbocycles. The largest absolute Gasteiger partial charge is 0.383 e. The first-order valence-electron chi connectivity index (χ1n) is 31.2. The number of ketones is 2. The Hall–Kier alpha value is -6.03. The summed E-state index contributed by atoms with van der Waals surface area (Å²) in [5.74, 6) is 0.801. The highest BCUT2D eigenvalue weighted by Gasteiger charge is 2.33. The van der Waals surface area contributed by atoms with Crippen molar-refractivity contribution >= 4 is 41.1 Å². The van der Waals surface area contributed by atoms with Crippen LogP contribution in [0.15, 0.2) is 91.5 Å². The SMILES string of the molecule is CC.CC(C)C(=O)C1CCCCC1.CC(C)C(=O)CCOCCOCCOC1CCCCC1.CN1CC(C(=O)NCCOCCOCCNC(=O)c2ccccc2)CC1=O.COCCNC(=O)C1CC(=O)N(C)C1.c1ccncc1.c1ccncc1. The standard InChI is InChI=1S/C19H27N3O5.C16H30O4.C10H18O.C9H16N2O3.2C5H5N.C2H6/c1-22-14-16(13-17(22)23)19(25)21-8-10-27-12-11-26-9-7-20-18(24)15-5-3-2-4-6-15;1-14(2)16(17)8-9-18-10-11-19-12-13-20-15-6-4-3-5-7-15;1-8(2)10(11)9-6-4-3-5-7-9;1-11-6-7(5-8(11)12)9(13)10-3-4-14-2;2*1-2-4-6-5-3-1;1-2/h2-6,16H,7-14H2,1H3,(H,20,24)(H,21,25);14-15H,3-13H2,1-2H3;8-9H,3-7H2,1-2H3;7H,3-6H2,1-2H3,(H,10,13);2*1-5H;1-2H3. The number of carbonyl (C=O) groups is 7. The third-order valence-electron chi connectivity index (χ3n) is 13.9.